The molecule has 1 heterocycles. The molecule has 0 aromatic rings. The molecule has 0 radical (unpaired) electrons. The van der Waals surface area contributed by atoms with Crippen LogP contribution >= 0.6 is 0 Å². The van der Waals surface area contributed by atoms with Gasteiger partial charge in [0.1, 0.15) is 0 Å². The van der Waals surface area contributed by atoms with Crippen LogP contribution in [0.25, 0.3) is 0 Å². The number of aliphatic hydroxyl groups is 1. The average molecular weight is 210 g/mol. The van der Waals surface area contributed by atoms with Crippen LogP contribution in [-0.2, 0) is 4.79 Å². The first-order chi connectivity index (χ1) is 7.11. The fraction of sp³-hybridized carbons (Fsp3) is 0.727. The minimum absolute atomic E-state index is 0.00429. The lowest BCUT2D eigenvalue weighted by molar-refractivity contribution is -0.134. The lowest BCUT2D eigenvalue weighted by Crippen LogP contribution is -2.48. The van der Waals surface area contributed by atoms with E-state index in [1.807, 2.05) is 6.92 Å². The van der Waals surface area contributed by atoms with Gasteiger partial charge in [-0.3, -0.25) is 4.79 Å². The summed E-state index contributed by atoms with van der Waals surface area (Å²) in [6.07, 6.45) is 6.28. The van der Waals surface area contributed by atoms with E-state index < -0.39 is 6.04 Å². The smallest absolute Gasteiger partial charge is 0.240 e. The molecule has 1 aliphatic heterocycles. The fourth-order valence-corrected chi connectivity index (χ4v) is 1.99. The molecule has 3 N–H and O–H groups in total. The second-order valence-corrected chi connectivity index (χ2v) is 4.06. The topological polar surface area (TPSA) is 66.6 Å². The third-order valence-electron chi connectivity index (χ3n) is 3.01. The van der Waals surface area contributed by atoms with Crippen LogP contribution in [0.1, 0.15) is 19.8 Å². The summed E-state index contributed by atoms with van der Waals surface area (Å²) in [4.78, 5) is 13.5. The van der Waals surface area contributed by atoms with Crippen LogP contribution < -0.4 is 5.73 Å². The summed E-state index contributed by atoms with van der Waals surface area (Å²) < 4.78 is 0. The maximum atomic E-state index is 11.8. The summed E-state index contributed by atoms with van der Waals surface area (Å²) in [5, 5.41) is 9.19. The first-order valence-corrected chi connectivity index (χ1v) is 5.22. The van der Waals surface area contributed by atoms with Crippen molar-refractivity contribution in [2.75, 3.05) is 13.2 Å². The lowest BCUT2D eigenvalue weighted by atomic mass is 10.0. The van der Waals surface area contributed by atoms with Gasteiger partial charge < -0.3 is 15.7 Å². The first kappa shape index (κ1) is 12.0. The number of aliphatic hydroxyl groups excluding tert-OH is 1. The number of likely N-dealkylation sites (tertiary alicyclic amines) is 1. The van der Waals surface area contributed by atoms with Crippen LogP contribution in [-0.4, -0.2) is 41.1 Å². The number of rotatable bonds is 3. The molecule has 1 saturated heterocycles. The van der Waals surface area contributed by atoms with Gasteiger partial charge in [0, 0.05) is 13.0 Å². The van der Waals surface area contributed by atoms with Crippen LogP contribution in [0.5, 0.6) is 0 Å². The van der Waals surface area contributed by atoms with Crippen molar-refractivity contribution in [2.24, 2.45) is 11.7 Å². The molecule has 0 bridgehead atoms. The Bertz CT molecular complexity index is 272. The van der Waals surface area contributed by atoms with Gasteiger partial charge in [-0.15, -0.1) is 12.3 Å². The zero-order valence-corrected chi connectivity index (χ0v) is 9.02. The monoisotopic (exact) mass is 210 g/mol. The summed E-state index contributed by atoms with van der Waals surface area (Å²) in [6.45, 7) is 2.69. The van der Waals surface area contributed by atoms with E-state index in [4.69, 9.17) is 12.2 Å². The third kappa shape index (κ3) is 2.49. The zero-order valence-electron chi connectivity index (χ0n) is 9.02. The highest BCUT2D eigenvalue weighted by Gasteiger charge is 2.35. The molecule has 4 heteroatoms. The molecule has 1 aliphatic rings. The van der Waals surface area contributed by atoms with Crippen molar-refractivity contribution < 1.29 is 9.90 Å². The molecule has 1 rings (SSSR count). The highest BCUT2D eigenvalue weighted by Crippen LogP contribution is 2.24. The molecule has 0 aromatic carbocycles. The highest BCUT2D eigenvalue weighted by atomic mass is 16.3. The number of terminal acetylenes is 1. The number of amides is 1. The van der Waals surface area contributed by atoms with E-state index in [1.54, 1.807) is 4.90 Å². The van der Waals surface area contributed by atoms with Crippen molar-refractivity contribution in [1.82, 2.24) is 4.90 Å². The Balaban J connectivity index is 2.64. The molecular formula is C11H18N2O2. The molecule has 15 heavy (non-hydrogen) atoms. The molecule has 1 amide bonds. The van der Waals surface area contributed by atoms with Crippen molar-refractivity contribution in [3.8, 4) is 12.3 Å². The van der Waals surface area contributed by atoms with Crippen molar-refractivity contribution in [3.63, 3.8) is 0 Å². The standard InChI is InChI=1S/C11H18N2O2/c1-3-4-9(12)11(15)13-6-5-8(2)10(13)7-14/h1,8-10,14H,4-7,12H2,2H3. The zero-order chi connectivity index (χ0) is 11.4. The number of nitrogens with two attached hydrogens (primary N) is 1. The van der Waals surface area contributed by atoms with E-state index in [0.717, 1.165) is 6.42 Å². The largest absolute Gasteiger partial charge is 0.394 e. The van der Waals surface area contributed by atoms with Gasteiger partial charge in [-0.2, -0.15) is 0 Å². The predicted octanol–water partition coefficient (Wildman–Crippen LogP) is -0.434. The maximum Gasteiger partial charge on any atom is 0.240 e. The molecule has 4 nitrogen and oxygen atoms in total. The van der Waals surface area contributed by atoms with E-state index >= 15 is 0 Å². The van der Waals surface area contributed by atoms with Crippen LogP contribution in [0.4, 0.5) is 0 Å². The number of carbonyl (C=O) groups is 1. The van der Waals surface area contributed by atoms with E-state index in [-0.39, 0.29) is 25.0 Å². The Morgan fingerprint density at radius 2 is 2.47 bits per heavy atom. The molecule has 84 valence electrons. The summed E-state index contributed by atoms with van der Waals surface area (Å²) >= 11 is 0. The second-order valence-electron chi connectivity index (χ2n) is 4.06. The van der Waals surface area contributed by atoms with Gasteiger partial charge in [0.25, 0.3) is 0 Å². The molecule has 0 saturated carbocycles. The number of nitrogens with zero attached hydrogens (tertiary/aromatic N) is 1. The summed E-state index contributed by atoms with van der Waals surface area (Å²) in [5.41, 5.74) is 5.65. The molecular weight excluding hydrogens is 192 g/mol. The van der Waals surface area contributed by atoms with Crippen molar-refractivity contribution in [3.05, 3.63) is 0 Å². The first-order valence-electron chi connectivity index (χ1n) is 5.22. The molecule has 0 aliphatic carbocycles. The lowest BCUT2D eigenvalue weighted by Gasteiger charge is -2.27. The van der Waals surface area contributed by atoms with E-state index in [0.29, 0.717) is 12.5 Å². The Morgan fingerprint density at radius 3 is 3.00 bits per heavy atom. The van der Waals surface area contributed by atoms with Gasteiger partial charge in [-0.05, 0) is 12.3 Å². The second kappa shape index (κ2) is 5.15. The SMILES string of the molecule is C#CCC(N)C(=O)N1CCC(C)C1CO. The van der Waals surface area contributed by atoms with Crippen molar-refractivity contribution >= 4 is 5.91 Å². The van der Waals surface area contributed by atoms with E-state index in [2.05, 4.69) is 5.92 Å². The van der Waals surface area contributed by atoms with Crippen LogP contribution in [0.2, 0.25) is 0 Å². The Morgan fingerprint density at radius 1 is 1.80 bits per heavy atom. The van der Waals surface area contributed by atoms with Crippen LogP contribution in [0.3, 0.4) is 0 Å². The minimum Gasteiger partial charge on any atom is -0.394 e. The average Bonchev–Trinajstić information content (AvgIpc) is 2.58. The van der Waals surface area contributed by atoms with Gasteiger partial charge in [-0.25, -0.2) is 0 Å². The summed E-state index contributed by atoms with van der Waals surface area (Å²) in [6, 6.07) is -0.726. The fourth-order valence-electron chi connectivity index (χ4n) is 1.99. The molecule has 3 unspecified atom stereocenters. The summed E-state index contributed by atoms with van der Waals surface area (Å²) in [7, 11) is 0. The van der Waals surface area contributed by atoms with E-state index in [1.165, 1.54) is 0 Å². The highest BCUT2D eigenvalue weighted by molar-refractivity contribution is 5.82. The van der Waals surface area contributed by atoms with E-state index in [9.17, 15) is 9.90 Å². The molecule has 0 spiro atoms. The van der Waals surface area contributed by atoms with Crippen molar-refractivity contribution in [1.29, 1.82) is 0 Å². The molecule has 1 fully saturated rings. The Labute approximate surface area is 90.4 Å². The Hall–Kier alpha value is -1.05. The van der Waals surface area contributed by atoms with Crippen LogP contribution in [0, 0.1) is 18.3 Å². The quantitative estimate of drug-likeness (QED) is 0.621. The van der Waals surface area contributed by atoms with Gasteiger partial charge >= 0.3 is 0 Å². The molecule has 3 atom stereocenters. The third-order valence-corrected chi connectivity index (χ3v) is 3.01. The maximum absolute atomic E-state index is 11.8. The minimum atomic E-state index is -0.630. The number of hydrogen-bond donors (Lipinski definition) is 2. The number of carbonyl (C=O) groups excluding carboxylic acids is 1. The molecule has 0 aromatic heterocycles. The van der Waals surface area contributed by atoms with Crippen molar-refractivity contribution in [2.45, 2.75) is 31.8 Å². The van der Waals surface area contributed by atoms with Crippen LogP contribution in [0.15, 0.2) is 0 Å². The number of hydrogen-bond acceptors (Lipinski definition) is 3. The van der Waals surface area contributed by atoms with Gasteiger partial charge in [0.2, 0.25) is 5.91 Å². The van der Waals surface area contributed by atoms with Gasteiger partial charge in [0.15, 0.2) is 0 Å². The predicted molar refractivity (Wildman–Crippen MR) is 57.8 cm³/mol. The summed E-state index contributed by atoms with van der Waals surface area (Å²) in [5.74, 6) is 2.57. The normalized spacial score (nSPS) is 27.5. The van der Waals surface area contributed by atoms with Gasteiger partial charge in [-0.1, -0.05) is 6.92 Å². The Kier molecular flexibility index (Phi) is 4.13. The van der Waals surface area contributed by atoms with Gasteiger partial charge in [0.05, 0.1) is 18.7 Å².